The van der Waals surface area contributed by atoms with E-state index in [-0.39, 0.29) is 5.91 Å². The summed E-state index contributed by atoms with van der Waals surface area (Å²) in [5.74, 6) is 2.64. The quantitative estimate of drug-likeness (QED) is 0.855. The maximum Gasteiger partial charge on any atom is 0.220 e. The summed E-state index contributed by atoms with van der Waals surface area (Å²) in [5.41, 5.74) is 1.05. The number of benzene rings is 1. The summed E-state index contributed by atoms with van der Waals surface area (Å²) in [6.45, 7) is 6.22. The lowest BCUT2D eigenvalue weighted by Crippen LogP contribution is -2.39. The van der Waals surface area contributed by atoms with Crippen molar-refractivity contribution in [3.8, 4) is 11.5 Å². The fourth-order valence-corrected chi connectivity index (χ4v) is 3.91. The maximum atomic E-state index is 11.6. The van der Waals surface area contributed by atoms with Crippen molar-refractivity contribution in [2.45, 2.75) is 26.3 Å². The van der Waals surface area contributed by atoms with Gasteiger partial charge in [0.1, 0.15) is 0 Å². The van der Waals surface area contributed by atoms with E-state index in [1.807, 2.05) is 6.07 Å². The third kappa shape index (κ3) is 3.78. The van der Waals surface area contributed by atoms with Gasteiger partial charge in [0.2, 0.25) is 5.91 Å². The lowest BCUT2D eigenvalue weighted by molar-refractivity contribution is -0.124. The number of nitrogens with one attached hydrogen (secondary N) is 1. The molecular formula is C18H25ClN2O3. The van der Waals surface area contributed by atoms with Crippen molar-refractivity contribution in [2.24, 2.45) is 11.8 Å². The molecule has 2 saturated heterocycles. The highest BCUT2D eigenvalue weighted by Gasteiger charge is 2.37. The van der Waals surface area contributed by atoms with Crippen molar-refractivity contribution >= 4 is 17.5 Å². The number of amides is 1. The van der Waals surface area contributed by atoms with Gasteiger partial charge < -0.3 is 14.8 Å². The largest absolute Gasteiger partial charge is 0.493 e. The summed E-state index contributed by atoms with van der Waals surface area (Å²) >= 11 is 6.25. The summed E-state index contributed by atoms with van der Waals surface area (Å²) in [6.07, 6.45) is 1.58. The zero-order chi connectivity index (χ0) is 17.1. The topological polar surface area (TPSA) is 50.8 Å². The summed E-state index contributed by atoms with van der Waals surface area (Å²) in [6, 6.07) is 3.75. The molecule has 0 bridgehead atoms. The van der Waals surface area contributed by atoms with Gasteiger partial charge in [0, 0.05) is 49.3 Å². The number of rotatable bonds is 6. The van der Waals surface area contributed by atoms with E-state index in [1.165, 1.54) is 0 Å². The van der Waals surface area contributed by atoms with Crippen molar-refractivity contribution in [3.05, 3.63) is 22.7 Å². The van der Waals surface area contributed by atoms with Gasteiger partial charge in [0.15, 0.2) is 11.5 Å². The second-order valence-electron chi connectivity index (χ2n) is 6.67. The number of fused-ring (bicyclic) bond motifs is 1. The molecule has 0 saturated carbocycles. The molecule has 2 atom stereocenters. The number of nitrogens with zero attached hydrogens (tertiary/aromatic N) is 1. The first-order chi connectivity index (χ1) is 11.6. The molecule has 0 aliphatic carbocycles. The van der Waals surface area contributed by atoms with Crippen LogP contribution in [0.25, 0.3) is 0 Å². The van der Waals surface area contributed by atoms with E-state index in [0.29, 0.717) is 35.6 Å². The molecule has 0 spiro atoms. The molecule has 0 radical (unpaired) electrons. The zero-order valence-corrected chi connectivity index (χ0v) is 15.1. The van der Waals surface area contributed by atoms with E-state index >= 15 is 0 Å². The monoisotopic (exact) mass is 352 g/mol. The average molecular weight is 353 g/mol. The molecule has 24 heavy (non-hydrogen) atoms. The standard InChI is InChI=1S/C18H25ClN2O3/c1-3-4-24-18-13(5-15(19)7-16(18)23-2)10-21-9-12-6-17(22)20-8-14(12)11-21/h5,7,12,14H,3-4,6,8-11H2,1-2H3,(H,20,22). The average Bonchev–Trinajstić information content (AvgIpc) is 2.94. The predicted molar refractivity (Wildman–Crippen MR) is 93.7 cm³/mol. The van der Waals surface area contributed by atoms with E-state index in [9.17, 15) is 4.79 Å². The van der Waals surface area contributed by atoms with Crippen LogP contribution in [0.1, 0.15) is 25.3 Å². The molecule has 2 aliphatic rings. The molecule has 1 amide bonds. The Morgan fingerprint density at radius 3 is 2.88 bits per heavy atom. The second kappa shape index (κ2) is 7.62. The van der Waals surface area contributed by atoms with Crippen molar-refractivity contribution in [2.75, 3.05) is 33.4 Å². The van der Waals surface area contributed by atoms with Crippen LogP contribution in [0.2, 0.25) is 5.02 Å². The molecule has 5 nitrogen and oxygen atoms in total. The van der Waals surface area contributed by atoms with Crippen molar-refractivity contribution in [3.63, 3.8) is 0 Å². The first-order valence-corrected chi connectivity index (χ1v) is 8.96. The smallest absolute Gasteiger partial charge is 0.220 e. The van der Waals surface area contributed by atoms with E-state index < -0.39 is 0 Å². The van der Waals surface area contributed by atoms with E-state index in [0.717, 1.165) is 43.9 Å². The normalized spacial score (nSPS) is 23.7. The lowest BCUT2D eigenvalue weighted by Gasteiger charge is -2.23. The lowest BCUT2D eigenvalue weighted by atomic mass is 9.89. The molecular weight excluding hydrogens is 328 g/mol. The molecule has 2 unspecified atom stereocenters. The first kappa shape index (κ1) is 17.4. The predicted octanol–water partition coefficient (Wildman–Crippen LogP) is 2.71. The minimum Gasteiger partial charge on any atom is -0.493 e. The van der Waals surface area contributed by atoms with Crippen LogP contribution in [0.4, 0.5) is 0 Å². The van der Waals surface area contributed by atoms with E-state index in [4.69, 9.17) is 21.1 Å². The van der Waals surface area contributed by atoms with Crippen LogP contribution in [0.5, 0.6) is 11.5 Å². The molecule has 6 heteroatoms. The zero-order valence-electron chi connectivity index (χ0n) is 14.3. The van der Waals surface area contributed by atoms with Crippen molar-refractivity contribution in [1.29, 1.82) is 0 Å². The van der Waals surface area contributed by atoms with Gasteiger partial charge in [0.25, 0.3) is 0 Å². The molecule has 0 aromatic heterocycles. The Hall–Kier alpha value is -1.46. The third-order valence-electron chi connectivity index (χ3n) is 4.82. The summed E-state index contributed by atoms with van der Waals surface area (Å²) in [7, 11) is 1.63. The maximum absolute atomic E-state index is 11.6. The highest BCUT2D eigenvalue weighted by molar-refractivity contribution is 6.30. The van der Waals surface area contributed by atoms with Gasteiger partial charge in [-0.15, -0.1) is 0 Å². The number of hydrogen-bond acceptors (Lipinski definition) is 4. The van der Waals surface area contributed by atoms with Crippen molar-refractivity contribution in [1.82, 2.24) is 10.2 Å². The highest BCUT2D eigenvalue weighted by atomic mass is 35.5. The number of carbonyl (C=O) groups is 1. The Morgan fingerprint density at radius 1 is 1.33 bits per heavy atom. The number of piperidine rings is 1. The number of ether oxygens (including phenoxy) is 2. The fraction of sp³-hybridized carbons (Fsp3) is 0.611. The molecule has 2 heterocycles. The second-order valence-corrected chi connectivity index (χ2v) is 7.10. The molecule has 132 valence electrons. The molecule has 2 aliphatic heterocycles. The highest BCUT2D eigenvalue weighted by Crippen LogP contribution is 2.37. The van der Waals surface area contributed by atoms with Gasteiger partial charge in [-0.3, -0.25) is 9.69 Å². The van der Waals surface area contributed by atoms with Gasteiger partial charge in [-0.1, -0.05) is 18.5 Å². The Labute approximate surface area is 148 Å². The van der Waals surface area contributed by atoms with Crippen LogP contribution in [-0.4, -0.2) is 44.2 Å². The summed E-state index contributed by atoms with van der Waals surface area (Å²) in [5, 5.41) is 3.63. The Kier molecular flexibility index (Phi) is 5.51. The minimum atomic E-state index is 0.175. The van der Waals surface area contributed by atoms with Crippen LogP contribution in [0, 0.1) is 11.8 Å². The number of methoxy groups -OCH3 is 1. The molecule has 1 aromatic rings. The number of likely N-dealkylation sites (tertiary alicyclic amines) is 1. The van der Waals surface area contributed by atoms with Crippen LogP contribution in [-0.2, 0) is 11.3 Å². The van der Waals surface area contributed by atoms with Crippen LogP contribution in [0.3, 0.4) is 0 Å². The SMILES string of the molecule is CCCOc1c(CN2CC3CNC(=O)CC3C2)cc(Cl)cc1OC. The van der Waals surface area contributed by atoms with E-state index in [2.05, 4.69) is 17.1 Å². The summed E-state index contributed by atoms with van der Waals surface area (Å²) in [4.78, 5) is 14.0. The van der Waals surface area contributed by atoms with E-state index in [1.54, 1.807) is 13.2 Å². The Balaban J connectivity index is 1.76. The molecule has 3 rings (SSSR count). The van der Waals surface area contributed by atoms with Crippen LogP contribution in [0.15, 0.2) is 12.1 Å². The fourth-order valence-electron chi connectivity index (χ4n) is 3.68. The molecule has 1 aromatic carbocycles. The third-order valence-corrected chi connectivity index (χ3v) is 5.04. The Morgan fingerprint density at radius 2 is 2.12 bits per heavy atom. The molecule has 2 fully saturated rings. The van der Waals surface area contributed by atoms with Gasteiger partial charge in [-0.05, 0) is 24.3 Å². The Bertz CT molecular complexity index is 608. The van der Waals surface area contributed by atoms with Crippen molar-refractivity contribution < 1.29 is 14.3 Å². The summed E-state index contributed by atoms with van der Waals surface area (Å²) < 4.78 is 11.4. The van der Waals surface area contributed by atoms with Gasteiger partial charge >= 0.3 is 0 Å². The molecule has 1 N–H and O–H groups in total. The van der Waals surface area contributed by atoms with Gasteiger partial charge in [0.05, 0.1) is 13.7 Å². The van der Waals surface area contributed by atoms with Crippen LogP contribution >= 0.6 is 11.6 Å². The first-order valence-electron chi connectivity index (χ1n) is 8.59. The number of hydrogen-bond donors (Lipinski definition) is 1. The van der Waals surface area contributed by atoms with Crippen LogP contribution < -0.4 is 14.8 Å². The minimum absolute atomic E-state index is 0.175. The number of carbonyl (C=O) groups excluding carboxylic acids is 1. The number of halogens is 1. The van der Waals surface area contributed by atoms with Gasteiger partial charge in [-0.25, -0.2) is 0 Å². The van der Waals surface area contributed by atoms with Gasteiger partial charge in [-0.2, -0.15) is 0 Å².